The van der Waals surface area contributed by atoms with E-state index in [9.17, 15) is 9.59 Å². The molecule has 0 saturated carbocycles. The van der Waals surface area contributed by atoms with Crippen LogP contribution in [0, 0.1) is 13.8 Å². The predicted octanol–water partition coefficient (Wildman–Crippen LogP) is 1.73. The topological polar surface area (TPSA) is 52.6 Å². The molecule has 0 saturated heterocycles. The highest BCUT2D eigenvalue weighted by atomic mass is 16.5. The summed E-state index contributed by atoms with van der Waals surface area (Å²) in [7, 11) is 2.50. The van der Waals surface area contributed by atoms with E-state index < -0.39 is 17.9 Å². The van der Waals surface area contributed by atoms with E-state index in [2.05, 4.69) is 9.47 Å². The summed E-state index contributed by atoms with van der Waals surface area (Å²) in [4.78, 5) is 23.2. The van der Waals surface area contributed by atoms with Crippen LogP contribution in [0.1, 0.15) is 22.6 Å². The van der Waals surface area contributed by atoms with Gasteiger partial charge in [0, 0.05) is 0 Å². The minimum Gasteiger partial charge on any atom is -0.468 e. The number of hydrogen-bond donors (Lipinski definition) is 0. The Morgan fingerprint density at radius 2 is 1.35 bits per heavy atom. The Morgan fingerprint density at radius 3 is 1.71 bits per heavy atom. The highest BCUT2D eigenvalue weighted by molar-refractivity contribution is 6.00. The van der Waals surface area contributed by atoms with Crippen LogP contribution in [0.3, 0.4) is 0 Å². The summed E-state index contributed by atoms with van der Waals surface area (Å²) in [6, 6.07) is 5.53. The molecule has 0 aliphatic heterocycles. The van der Waals surface area contributed by atoms with Crippen molar-refractivity contribution in [2.45, 2.75) is 19.8 Å². The van der Waals surface area contributed by atoms with Gasteiger partial charge in [-0.2, -0.15) is 0 Å². The largest absolute Gasteiger partial charge is 0.468 e. The second-order valence-corrected chi connectivity index (χ2v) is 3.90. The van der Waals surface area contributed by atoms with Gasteiger partial charge in [0.25, 0.3) is 0 Å². The fourth-order valence-corrected chi connectivity index (χ4v) is 1.78. The number of carbonyl (C=O) groups is 2. The Bertz CT molecular complexity index is 401. The lowest BCUT2D eigenvalue weighted by Gasteiger charge is -2.14. The van der Waals surface area contributed by atoms with Crippen molar-refractivity contribution in [2.75, 3.05) is 14.2 Å². The number of aryl methyl sites for hydroxylation is 2. The first kappa shape index (κ1) is 13.2. The first-order valence-electron chi connectivity index (χ1n) is 5.23. The van der Waals surface area contributed by atoms with Crippen molar-refractivity contribution in [2.24, 2.45) is 0 Å². The minimum atomic E-state index is -1.01. The van der Waals surface area contributed by atoms with E-state index in [0.29, 0.717) is 5.56 Å². The smallest absolute Gasteiger partial charge is 0.324 e. The maximum absolute atomic E-state index is 11.6. The van der Waals surface area contributed by atoms with Gasteiger partial charge in [-0.15, -0.1) is 0 Å². The van der Waals surface area contributed by atoms with Gasteiger partial charge >= 0.3 is 11.9 Å². The Labute approximate surface area is 101 Å². The van der Waals surface area contributed by atoms with Gasteiger partial charge in [0.05, 0.1) is 14.2 Å². The molecule has 0 spiro atoms. The molecule has 0 aromatic heterocycles. The van der Waals surface area contributed by atoms with Crippen LogP contribution in [0.5, 0.6) is 0 Å². The average Bonchev–Trinajstić information content (AvgIpc) is 2.27. The standard InChI is InChI=1S/C13H16O4/c1-8-5-9(2)7-10(6-8)11(12(14)16-3)13(15)17-4/h5-7,11H,1-4H3. The van der Waals surface area contributed by atoms with E-state index in [-0.39, 0.29) is 0 Å². The third kappa shape index (κ3) is 3.06. The number of rotatable bonds is 3. The van der Waals surface area contributed by atoms with Gasteiger partial charge in [0.15, 0.2) is 5.92 Å². The van der Waals surface area contributed by atoms with E-state index in [1.54, 1.807) is 12.1 Å². The van der Waals surface area contributed by atoms with E-state index >= 15 is 0 Å². The highest BCUT2D eigenvalue weighted by Crippen LogP contribution is 2.21. The molecule has 0 unspecified atom stereocenters. The number of ether oxygens (including phenoxy) is 2. The zero-order valence-corrected chi connectivity index (χ0v) is 10.4. The molecule has 0 heterocycles. The average molecular weight is 236 g/mol. The SMILES string of the molecule is COC(=O)C(C(=O)OC)c1cc(C)cc(C)c1. The molecule has 1 aromatic carbocycles. The normalized spacial score (nSPS) is 10.2. The number of carbonyl (C=O) groups excluding carboxylic acids is 2. The molecule has 1 rings (SSSR count). The monoisotopic (exact) mass is 236 g/mol. The molecule has 0 fully saturated rings. The first-order valence-corrected chi connectivity index (χ1v) is 5.23. The van der Waals surface area contributed by atoms with Gasteiger partial charge in [-0.25, -0.2) is 0 Å². The van der Waals surface area contributed by atoms with Crippen molar-refractivity contribution >= 4 is 11.9 Å². The third-order valence-corrected chi connectivity index (χ3v) is 2.45. The van der Waals surface area contributed by atoms with Crippen molar-refractivity contribution in [1.82, 2.24) is 0 Å². The third-order valence-electron chi connectivity index (χ3n) is 2.45. The summed E-state index contributed by atoms with van der Waals surface area (Å²) in [5, 5.41) is 0. The van der Waals surface area contributed by atoms with Gasteiger partial charge in [-0.05, 0) is 19.4 Å². The van der Waals surface area contributed by atoms with E-state index in [0.717, 1.165) is 11.1 Å². The molecule has 0 N–H and O–H groups in total. The number of esters is 2. The molecule has 0 bridgehead atoms. The van der Waals surface area contributed by atoms with Gasteiger partial charge in [0.1, 0.15) is 0 Å². The molecule has 0 aliphatic carbocycles. The minimum absolute atomic E-state index is 0.598. The maximum atomic E-state index is 11.6. The fraction of sp³-hybridized carbons (Fsp3) is 0.385. The first-order chi connectivity index (χ1) is 7.99. The summed E-state index contributed by atoms with van der Waals surface area (Å²) < 4.78 is 9.26. The molecule has 17 heavy (non-hydrogen) atoms. The summed E-state index contributed by atoms with van der Waals surface area (Å²) in [6.45, 7) is 3.81. The van der Waals surface area contributed by atoms with Gasteiger partial charge in [0.2, 0.25) is 0 Å². The van der Waals surface area contributed by atoms with Crippen LogP contribution in [0.2, 0.25) is 0 Å². The second kappa shape index (κ2) is 5.48. The summed E-state index contributed by atoms with van der Waals surface area (Å²) in [6.07, 6.45) is 0. The molecule has 1 aromatic rings. The quantitative estimate of drug-likeness (QED) is 0.592. The molecule has 0 amide bonds. The van der Waals surface area contributed by atoms with Crippen molar-refractivity contribution in [3.63, 3.8) is 0 Å². The van der Waals surface area contributed by atoms with Crippen LogP contribution in [0.15, 0.2) is 18.2 Å². The summed E-state index contributed by atoms with van der Waals surface area (Å²) in [5.74, 6) is -2.23. The van der Waals surface area contributed by atoms with Crippen molar-refractivity contribution < 1.29 is 19.1 Å². The van der Waals surface area contributed by atoms with Gasteiger partial charge in [-0.1, -0.05) is 29.3 Å². The van der Waals surface area contributed by atoms with E-state index in [1.165, 1.54) is 14.2 Å². The van der Waals surface area contributed by atoms with Crippen LogP contribution in [0.4, 0.5) is 0 Å². The Morgan fingerprint density at radius 1 is 0.941 bits per heavy atom. The van der Waals surface area contributed by atoms with E-state index in [4.69, 9.17) is 0 Å². The lowest BCUT2D eigenvalue weighted by molar-refractivity contribution is -0.154. The fourth-order valence-electron chi connectivity index (χ4n) is 1.78. The lowest BCUT2D eigenvalue weighted by atomic mass is 9.95. The zero-order valence-electron chi connectivity index (χ0n) is 10.4. The summed E-state index contributed by atoms with van der Waals surface area (Å²) >= 11 is 0. The van der Waals surface area contributed by atoms with Crippen molar-refractivity contribution in [1.29, 1.82) is 0 Å². The van der Waals surface area contributed by atoms with Crippen LogP contribution >= 0.6 is 0 Å². The van der Waals surface area contributed by atoms with Crippen molar-refractivity contribution in [3.05, 3.63) is 34.9 Å². The highest BCUT2D eigenvalue weighted by Gasteiger charge is 2.30. The molecule has 0 radical (unpaired) electrons. The molecule has 4 nitrogen and oxygen atoms in total. The van der Waals surface area contributed by atoms with Crippen LogP contribution < -0.4 is 0 Å². The predicted molar refractivity (Wildman–Crippen MR) is 62.7 cm³/mol. The Balaban J connectivity index is 3.21. The molecule has 4 heteroatoms. The van der Waals surface area contributed by atoms with Gasteiger partial charge in [-0.3, -0.25) is 9.59 Å². The van der Waals surface area contributed by atoms with E-state index in [1.807, 2.05) is 19.9 Å². The van der Waals surface area contributed by atoms with Crippen LogP contribution in [-0.4, -0.2) is 26.2 Å². The number of hydrogen-bond acceptors (Lipinski definition) is 4. The number of methoxy groups -OCH3 is 2. The second-order valence-electron chi connectivity index (χ2n) is 3.90. The molecule has 0 atom stereocenters. The van der Waals surface area contributed by atoms with Gasteiger partial charge < -0.3 is 9.47 Å². The molecular weight excluding hydrogens is 220 g/mol. The maximum Gasteiger partial charge on any atom is 0.324 e. The molecule has 0 aliphatic rings. The Hall–Kier alpha value is -1.84. The summed E-state index contributed by atoms with van der Waals surface area (Å²) in [5.41, 5.74) is 2.57. The molecular formula is C13H16O4. The zero-order chi connectivity index (χ0) is 13.0. The molecule has 92 valence electrons. The van der Waals surface area contributed by atoms with Crippen LogP contribution in [-0.2, 0) is 19.1 Å². The van der Waals surface area contributed by atoms with Crippen LogP contribution in [0.25, 0.3) is 0 Å². The van der Waals surface area contributed by atoms with Crippen molar-refractivity contribution in [3.8, 4) is 0 Å². The Kier molecular flexibility index (Phi) is 4.26. The lowest BCUT2D eigenvalue weighted by Crippen LogP contribution is -2.24. The number of benzene rings is 1.